The molecule has 5 nitrogen and oxygen atoms in total. The Bertz CT molecular complexity index is 1000. The van der Waals surface area contributed by atoms with Crippen molar-refractivity contribution >= 4 is 29.2 Å². The van der Waals surface area contributed by atoms with E-state index in [-0.39, 0.29) is 24.4 Å². The van der Waals surface area contributed by atoms with Crippen LogP contribution in [-0.2, 0) is 4.79 Å². The van der Waals surface area contributed by atoms with Crippen LogP contribution < -0.4 is 4.74 Å². The van der Waals surface area contributed by atoms with E-state index in [1.54, 1.807) is 18.2 Å². The van der Waals surface area contributed by atoms with Crippen LogP contribution in [0.5, 0.6) is 5.75 Å². The van der Waals surface area contributed by atoms with Crippen molar-refractivity contribution < 1.29 is 19.0 Å². The molecule has 0 spiro atoms. The van der Waals surface area contributed by atoms with Crippen molar-refractivity contribution in [3.63, 3.8) is 0 Å². The number of nitrogens with zero attached hydrogens (tertiary/aromatic N) is 2. The highest BCUT2D eigenvalue weighted by Gasteiger charge is 2.30. The first-order chi connectivity index (χ1) is 16.8. The topological polar surface area (TPSA) is 53.0 Å². The van der Waals surface area contributed by atoms with E-state index in [0.717, 1.165) is 75.3 Å². The monoisotopic (exact) mass is 522 g/mol. The molecule has 8 heteroatoms. The highest BCUT2D eigenvalue weighted by Crippen LogP contribution is 2.34. The Kier molecular flexibility index (Phi) is 8.92. The molecule has 0 unspecified atom stereocenters. The molecule has 0 radical (unpaired) electrons. The Morgan fingerprint density at radius 3 is 2.34 bits per heavy atom. The molecular formula is C27H33Cl2FN2O3. The largest absolute Gasteiger partial charge is 0.490 e. The third-order valence-electron chi connectivity index (χ3n) is 7.35. The van der Waals surface area contributed by atoms with Gasteiger partial charge in [-0.15, -0.1) is 0 Å². The third-order valence-corrected chi connectivity index (χ3v) is 8.25. The van der Waals surface area contributed by atoms with Gasteiger partial charge in [-0.1, -0.05) is 35.3 Å². The van der Waals surface area contributed by atoms with Gasteiger partial charge in [0.25, 0.3) is 0 Å². The second-order valence-electron chi connectivity index (χ2n) is 9.75. The maximum atomic E-state index is 13.4. The fourth-order valence-corrected chi connectivity index (χ4v) is 5.63. The van der Waals surface area contributed by atoms with Gasteiger partial charge in [0.05, 0.1) is 16.5 Å². The molecule has 0 amide bonds. The number of carboxylic acids is 1. The molecule has 0 bridgehead atoms. The summed E-state index contributed by atoms with van der Waals surface area (Å²) >= 11 is 12.3. The van der Waals surface area contributed by atoms with Gasteiger partial charge in [0.1, 0.15) is 17.7 Å². The van der Waals surface area contributed by atoms with E-state index in [4.69, 9.17) is 27.9 Å². The van der Waals surface area contributed by atoms with Crippen molar-refractivity contribution in [1.82, 2.24) is 9.80 Å². The van der Waals surface area contributed by atoms with Crippen LogP contribution in [0.4, 0.5) is 4.39 Å². The summed E-state index contributed by atoms with van der Waals surface area (Å²) < 4.78 is 19.6. The van der Waals surface area contributed by atoms with Crippen LogP contribution in [0, 0.1) is 18.7 Å². The van der Waals surface area contributed by atoms with Crippen LogP contribution in [0.3, 0.4) is 0 Å². The molecule has 1 N–H and O–H groups in total. The molecule has 190 valence electrons. The molecule has 2 saturated heterocycles. The van der Waals surface area contributed by atoms with Gasteiger partial charge < -0.3 is 14.7 Å². The number of hydrogen-bond acceptors (Lipinski definition) is 4. The molecule has 0 aliphatic carbocycles. The first kappa shape index (κ1) is 26.2. The SMILES string of the molecule is Cc1c(OC2CCN(CC3CCN([C@@H](CC(=O)O)c4ccc(F)cc4)CC3)CC2)ccc(Cl)c1Cl. The molecular weight excluding hydrogens is 490 g/mol. The molecule has 0 saturated carbocycles. The number of ether oxygens (including phenoxy) is 1. The summed E-state index contributed by atoms with van der Waals surface area (Å²) in [6, 6.07) is 9.70. The Hall–Kier alpha value is -1.86. The lowest BCUT2D eigenvalue weighted by Crippen LogP contribution is -2.44. The first-order valence-electron chi connectivity index (χ1n) is 12.3. The lowest BCUT2D eigenvalue weighted by molar-refractivity contribution is -0.138. The summed E-state index contributed by atoms with van der Waals surface area (Å²) in [6.45, 7) is 6.71. The standard InChI is InChI=1S/C27H33Cl2FN2O3/c1-18-25(7-6-23(28)27(18)29)35-22-10-12-31(13-11-22)17-19-8-14-32(15-9-19)24(16-26(33)34)20-2-4-21(30)5-3-20/h2-7,19,22,24H,8-17H2,1H3,(H,33,34)/t24-/m0/s1. The van der Waals surface area contributed by atoms with Crippen molar-refractivity contribution in [3.8, 4) is 5.75 Å². The number of benzene rings is 2. The summed E-state index contributed by atoms with van der Waals surface area (Å²) in [7, 11) is 0. The minimum atomic E-state index is -0.831. The number of likely N-dealkylation sites (tertiary alicyclic amines) is 2. The van der Waals surface area contributed by atoms with Gasteiger partial charge in [-0.25, -0.2) is 4.39 Å². The summed E-state index contributed by atoms with van der Waals surface area (Å²) in [5, 5.41) is 10.5. The van der Waals surface area contributed by atoms with Gasteiger partial charge in [0.2, 0.25) is 0 Å². The van der Waals surface area contributed by atoms with Crippen LogP contribution in [-0.4, -0.2) is 59.7 Å². The minimum absolute atomic E-state index is 0.0299. The number of halogens is 3. The fourth-order valence-electron chi connectivity index (χ4n) is 5.27. The molecule has 4 rings (SSSR count). The molecule has 2 aromatic rings. The van der Waals surface area contributed by atoms with Crippen LogP contribution in [0.2, 0.25) is 10.0 Å². The van der Waals surface area contributed by atoms with E-state index in [1.807, 2.05) is 13.0 Å². The minimum Gasteiger partial charge on any atom is -0.490 e. The molecule has 1 atom stereocenters. The Morgan fingerprint density at radius 1 is 1.06 bits per heavy atom. The third kappa shape index (κ3) is 6.88. The fraction of sp³-hybridized carbons (Fsp3) is 0.519. The zero-order chi connectivity index (χ0) is 24.9. The number of piperidine rings is 2. The quantitative estimate of drug-likeness (QED) is 0.446. The zero-order valence-corrected chi connectivity index (χ0v) is 21.6. The van der Waals surface area contributed by atoms with E-state index < -0.39 is 5.97 Å². The van der Waals surface area contributed by atoms with E-state index in [1.165, 1.54) is 12.1 Å². The molecule has 2 aromatic carbocycles. The molecule has 2 fully saturated rings. The van der Waals surface area contributed by atoms with Crippen LogP contribution in [0.1, 0.15) is 49.3 Å². The lowest BCUT2D eigenvalue weighted by atomic mass is 9.92. The summed E-state index contributed by atoms with van der Waals surface area (Å²) in [5.74, 6) is 0.271. The molecule has 2 aliphatic rings. The van der Waals surface area contributed by atoms with Gasteiger partial charge in [-0.2, -0.15) is 0 Å². The normalized spacial score (nSPS) is 19.5. The van der Waals surface area contributed by atoms with Gasteiger partial charge in [-0.3, -0.25) is 9.69 Å². The predicted octanol–water partition coefficient (Wildman–Crippen LogP) is 6.21. The maximum absolute atomic E-state index is 13.4. The van der Waals surface area contributed by atoms with Gasteiger partial charge in [0, 0.05) is 31.2 Å². The second-order valence-corrected chi connectivity index (χ2v) is 10.5. The smallest absolute Gasteiger partial charge is 0.305 e. The van der Waals surface area contributed by atoms with Crippen molar-refractivity contribution in [3.05, 3.63) is 63.4 Å². The highest BCUT2D eigenvalue weighted by atomic mass is 35.5. The number of carbonyl (C=O) groups is 1. The van der Waals surface area contributed by atoms with Crippen molar-refractivity contribution in [2.75, 3.05) is 32.7 Å². The Morgan fingerprint density at radius 2 is 1.71 bits per heavy atom. The van der Waals surface area contributed by atoms with E-state index >= 15 is 0 Å². The van der Waals surface area contributed by atoms with Crippen molar-refractivity contribution in [1.29, 1.82) is 0 Å². The van der Waals surface area contributed by atoms with Crippen LogP contribution in [0.15, 0.2) is 36.4 Å². The molecule has 35 heavy (non-hydrogen) atoms. The van der Waals surface area contributed by atoms with Gasteiger partial charge in [0.15, 0.2) is 0 Å². The lowest BCUT2D eigenvalue weighted by Gasteiger charge is -2.40. The number of carboxylic acid groups (broad SMARTS) is 1. The molecule has 2 heterocycles. The summed E-state index contributed by atoms with van der Waals surface area (Å²) in [5.41, 5.74) is 1.75. The molecule has 0 aromatic heterocycles. The number of rotatable bonds is 8. The Labute approximate surface area is 216 Å². The van der Waals surface area contributed by atoms with Crippen LogP contribution >= 0.6 is 23.2 Å². The number of hydrogen-bond donors (Lipinski definition) is 1. The van der Waals surface area contributed by atoms with E-state index in [9.17, 15) is 14.3 Å². The summed E-state index contributed by atoms with van der Waals surface area (Å²) in [4.78, 5) is 16.3. The second kappa shape index (κ2) is 11.9. The van der Waals surface area contributed by atoms with E-state index in [2.05, 4.69) is 9.80 Å². The van der Waals surface area contributed by atoms with Gasteiger partial charge in [-0.05, 0) is 81.4 Å². The maximum Gasteiger partial charge on any atom is 0.305 e. The first-order valence-corrected chi connectivity index (χ1v) is 13.1. The average molecular weight is 523 g/mol. The predicted molar refractivity (Wildman–Crippen MR) is 137 cm³/mol. The van der Waals surface area contributed by atoms with Crippen molar-refractivity contribution in [2.45, 2.75) is 51.2 Å². The van der Waals surface area contributed by atoms with E-state index in [0.29, 0.717) is 16.0 Å². The summed E-state index contributed by atoms with van der Waals surface area (Å²) in [6.07, 6.45) is 4.23. The number of aliphatic carboxylic acids is 1. The van der Waals surface area contributed by atoms with Crippen LogP contribution in [0.25, 0.3) is 0 Å². The Balaban J connectivity index is 1.24. The highest BCUT2D eigenvalue weighted by molar-refractivity contribution is 6.42. The van der Waals surface area contributed by atoms with Crippen molar-refractivity contribution in [2.24, 2.45) is 5.92 Å². The average Bonchev–Trinajstić information content (AvgIpc) is 2.85. The molecule has 2 aliphatic heterocycles. The van der Waals surface area contributed by atoms with Gasteiger partial charge >= 0.3 is 5.97 Å². The zero-order valence-electron chi connectivity index (χ0n) is 20.1.